The Labute approximate surface area is 117 Å². The highest BCUT2D eigenvalue weighted by Gasteiger charge is 2.14. The molecule has 0 saturated carbocycles. The Bertz CT molecular complexity index is 462. The zero-order valence-electron chi connectivity index (χ0n) is 11.5. The maximum Gasteiger partial charge on any atom is 0.254 e. The normalized spacial score (nSPS) is 15.9. The molecule has 1 fully saturated rings. The maximum atomic E-state index is 13.7. The van der Waals surface area contributed by atoms with Crippen LogP contribution in [0.5, 0.6) is 5.75 Å². The quantitative estimate of drug-likeness (QED) is 0.871. The molecule has 6 heteroatoms. The van der Waals surface area contributed by atoms with E-state index in [0.29, 0.717) is 12.3 Å². The van der Waals surface area contributed by atoms with E-state index in [1.165, 1.54) is 19.2 Å². The number of morpholine rings is 1. The molecule has 0 radical (unpaired) electrons. The molecule has 5 nitrogen and oxygen atoms in total. The monoisotopic (exact) mass is 282 g/mol. The molecule has 2 rings (SSSR count). The molecule has 1 aliphatic heterocycles. The minimum atomic E-state index is -0.576. The van der Waals surface area contributed by atoms with E-state index >= 15 is 0 Å². The minimum absolute atomic E-state index is 0.0350. The Hall–Kier alpha value is -1.66. The van der Waals surface area contributed by atoms with Crippen molar-refractivity contribution in [2.24, 2.45) is 0 Å². The molecular formula is C14H19FN2O3. The highest BCUT2D eigenvalue weighted by atomic mass is 19.1. The third kappa shape index (κ3) is 3.91. The number of rotatable bonds is 5. The summed E-state index contributed by atoms with van der Waals surface area (Å²) in [5.41, 5.74) is 0.0350. The highest BCUT2D eigenvalue weighted by molar-refractivity contribution is 5.94. The lowest BCUT2D eigenvalue weighted by Gasteiger charge is -2.26. The molecule has 1 heterocycles. The van der Waals surface area contributed by atoms with Gasteiger partial charge >= 0.3 is 0 Å². The second-order valence-electron chi connectivity index (χ2n) is 4.56. The number of halogens is 1. The van der Waals surface area contributed by atoms with Crippen molar-refractivity contribution in [2.75, 3.05) is 46.5 Å². The zero-order valence-corrected chi connectivity index (χ0v) is 11.5. The summed E-state index contributed by atoms with van der Waals surface area (Å²) < 4.78 is 23.8. The summed E-state index contributed by atoms with van der Waals surface area (Å²) in [5, 5.41) is 2.72. The molecule has 1 amide bonds. The van der Waals surface area contributed by atoms with Crippen LogP contribution in [0.2, 0.25) is 0 Å². The summed E-state index contributed by atoms with van der Waals surface area (Å²) in [4.78, 5) is 14.1. The fourth-order valence-corrected chi connectivity index (χ4v) is 2.05. The molecule has 0 spiro atoms. The Kier molecular flexibility index (Phi) is 5.31. The van der Waals surface area contributed by atoms with Crippen molar-refractivity contribution in [3.63, 3.8) is 0 Å². The molecule has 1 aromatic carbocycles. The number of nitrogens with one attached hydrogen (secondary N) is 1. The first-order valence-corrected chi connectivity index (χ1v) is 6.62. The topological polar surface area (TPSA) is 50.8 Å². The van der Waals surface area contributed by atoms with Crippen LogP contribution in [-0.4, -0.2) is 57.3 Å². The molecule has 1 N–H and O–H groups in total. The first-order chi connectivity index (χ1) is 9.70. The van der Waals surface area contributed by atoms with Crippen molar-refractivity contribution in [1.82, 2.24) is 10.2 Å². The number of hydrogen-bond donors (Lipinski definition) is 1. The van der Waals surface area contributed by atoms with Crippen molar-refractivity contribution in [3.05, 3.63) is 29.6 Å². The van der Waals surface area contributed by atoms with Crippen molar-refractivity contribution >= 4 is 5.91 Å². The van der Waals surface area contributed by atoms with Gasteiger partial charge in [-0.15, -0.1) is 0 Å². The summed E-state index contributed by atoms with van der Waals surface area (Å²) in [5.74, 6) is -0.584. The maximum absolute atomic E-state index is 13.7. The lowest BCUT2D eigenvalue weighted by atomic mass is 10.2. The molecule has 0 aromatic heterocycles. The number of hydrogen-bond acceptors (Lipinski definition) is 4. The van der Waals surface area contributed by atoms with E-state index in [1.807, 2.05) is 0 Å². The summed E-state index contributed by atoms with van der Waals surface area (Å²) in [6.07, 6.45) is 0. The highest BCUT2D eigenvalue weighted by Crippen LogP contribution is 2.15. The molecule has 1 aromatic rings. The number of amides is 1. The number of nitrogens with zero attached hydrogens (tertiary/aromatic N) is 1. The fraction of sp³-hybridized carbons (Fsp3) is 0.500. The van der Waals surface area contributed by atoms with Crippen LogP contribution in [0.25, 0.3) is 0 Å². The largest absolute Gasteiger partial charge is 0.497 e. The van der Waals surface area contributed by atoms with Gasteiger partial charge in [-0.3, -0.25) is 9.69 Å². The first kappa shape index (κ1) is 14.7. The van der Waals surface area contributed by atoms with Crippen LogP contribution in [0.1, 0.15) is 10.4 Å². The SMILES string of the molecule is COc1ccc(C(=O)NCCN2CCOCC2)c(F)c1. The molecule has 1 saturated heterocycles. The third-order valence-electron chi connectivity index (χ3n) is 3.24. The van der Waals surface area contributed by atoms with Gasteiger partial charge in [0, 0.05) is 32.2 Å². The second kappa shape index (κ2) is 7.21. The van der Waals surface area contributed by atoms with Gasteiger partial charge < -0.3 is 14.8 Å². The van der Waals surface area contributed by atoms with E-state index in [1.54, 1.807) is 6.07 Å². The van der Waals surface area contributed by atoms with Crippen LogP contribution in [0.15, 0.2) is 18.2 Å². The number of ether oxygens (including phenoxy) is 2. The standard InChI is InChI=1S/C14H19FN2O3/c1-19-11-2-3-12(13(15)10-11)14(18)16-4-5-17-6-8-20-9-7-17/h2-3,10H,4-9H2,1H3,(H,16,18). The van der Waals surface area contributed by atoms with E-state index in [4.69, 9.17) is 9.47 Å². The molecule has 0 unspecified atom stereocenters. The third-order valence-corrected chi connectivity index (χ3v) is 3.24. The van der Waals surface area contributed by atoms with Gasteiger partial charge in [-0.2, -0.15) is 0 Å². The zero-order chi connectivity index (χ0) is 14.4. The predicted molar refractivity (Wildman–Crippen MR) is 72.5 cm³/mol. The average molecular weight is 282 g/mol. The number of carbonyl (C=O) groups excluding carboxylic acids is 1. The first-order valence-electron chi connectivity index (χ1n) is 6.62. The summed E-state index contributed by atoms with van der Waals surface area (Å²) in [7, 11) is 1.46. The minimum Gasteiger partial charge on any atom is -0.497 e. The van der Waals surface area contributed by atoms with Gasteiger partial charge in [-0.05, 0) is 12.1 Å². The van der Waals surface area contributed by atoms with Gasteiger partial charge in [0.2, 0.25) is 0 Å². The molecule has 110 valence electrons. The smallest absolute Gasteiger partial charge is 0.254 e. The Balaban J connectivity index is 1.82. The van der Waals surface area contributed by atoms with Crippen molar-refractivity contribution in [3.8, 4) is 5.75 Å². The molecule has 0 atom stereocenters. The molecule has 1 aliphatic rings. The Morgan fingerprint density at radius 1 is 1.45 bits per heavy atom. The van der Waals surface area contributed by atoms with Crippen LogP contribution in [0.4, 0.5) is 4.39 Å². The predicted octanol–water partition coefficient (Wildman–Crippen LogP) is 0.896. The van der Waals surface area contributed by atoms with Crippen molar-refractivity contribution < 1.29 is 18.7 Å². The Morgan fingerprint density at radius 2 is 2.20 bits per heavy atom. The van der Waals surface area contributed by atoms with Crippen LogP contribution in [0, 0.1) is 5.82 Å². The molecular weight excluding hydrogens is 263 g/mol. The van der Waals surface area contributed by atoms with E-state index in [9.17, 15) is 9.18 Å². The number of carbonyl (C=O) groups is 1. The summed E-state index contributed by atoms with van der Waals surface area (Å²) in [6.45, 7) is 4.42. The van der Waals surface area contributed by atoms with E-state index in [2.05, 4.69) is 10.2 Å². The van der Waals surface area contributed by atoms with Gasteiger partial charge in [0.15, 0.2) is 0 Å². The molecule has 20 heavy (non-hydrogen) atoms. The van der Waals surface area contributed by atoms with Crippen LogP contribution >= 0.6 is 0 Å². The van der Waals surface area contributed by atoms with Crippen molar-refractivity contribution in [2.45, 2.75) is 0 Å². The summed E-state index contributed by atoms with van der Waals surface area (Å²) >= 11 is 0. The van der Waals surface area contributed by atoms with Crippen LogP contribution in [0.3, 0.4) is 0 Å². The van der Waals surface area contributed by atoms with Crippen LogP contribution in [-0.2, 0) is 4.74 Å². The average Bonchev–Trinajstić information content (AvgIpc) is 2.48. The van der Waals surface area contributed by atoms with Crippen LogP contribution < -0.4 is 10.1 Å². The lowest BCUT2D eigenvalue weighted by molar-refractivity contribution is 0.0383. The van der Waals surface area contributed by atoms with Gasteiger partial charge in [0.1, 0.15) is 11.6 Å². The number of benzene rings is 1. The van der Waals surface area contributed by atoms with Gasteiger partial charge in [0.25, 0.3) is 5.91 Å². The van der Waals surface area contributed by atoms with E-state index in [-0.39, 0.29) is 5.56 Å². The lowest BCUT2D eigenvalue weighted by Crippen LogP contribution is -2.41. The number of methoxy groups -OCH3 is 1. The van der Waals surface area contributed by atoms with E-state index in [0.717, 1.165) is 32.8 Å². The molecule has 0 aliphatic carbocycles. The van der Waals surface area contributed by atoms with Gasteiger partial charge in [0.05, 0.1) is 25.9 Å². The van der Waals surface area contributed by atoms with E-state index < -0.39 is 11.7 Å². The Morgan fingerprint density at radius 3 is 2.85 bits per heavy atom. The molecule has 0 bridgehead atoms. The van der Waals surface area contributed by atoms with Gasteiger partial charge in [-0.25, -0.2) is 4.39 Å². The van der Waals surface area contributed by atoms with Crippen molar-refractivity contribution in [1.29, 1.82) is 0 Å². The second-order valence-corrected chi connectivity index (χ2v) is 4.56. The van der Waals surface area contributed by atoms with Gasteiger partial charge in [-0.1, -0.05) is 0 Å². The summed E-state index contributed by atoms with van der Waals surface area (Å²) in [6, 6.07) is 4.20. The fourth-order valence-electron chi connectivity index (χ4n) is 2.05.